The quantitative estimate of drug-likeness (QED) is 0.502. The first kappa shape index (κ1) is 19.0. The van der Waals surface area contributed by atoms with E-state index in [0.29, 0.717) is 11.5 Å². The fraction of sp³-hybridized carbons (Fsp3) is 0.100. The van der Waals surface area contributed by atoms with Gasteiger partial charge in [-0.2, -0.15) is 9.67 Å². The molecule has 0 fully saturated rings. The molecular weight excluding hydrogens is 418 g/mol. The maximum Gasteiger partial charge on any atom is 0.291 e. The van der Waals surface area contributed by atoms with Crippen molar-refractivity contribution in [1.82, 2.24) is 29.6 Å². The zero-order valence-electron chi connectivity index (χ0n) is 16.3. The average Bonchev–Trinajstić information content (AvgIpc) is 3.38. The van der Waals surface area contributed by atoms with Crippen LogP contribution in [0.25, 0.3) is 5.69 Å². The van der Waals surface area contributed by atoms with E-state index in [9.17, 15) is 13.2 Å². The summed E-state index contributed by atoms with van der Waals surface area (Å²) in [5.74, 6) is -0.133. The van der Waals surface area contributed by atoms with Crippen LogP contribution in [0.3, 0.4) is 0 Å². The van der Waals surface area contributed by atoms with Gasteiger partial charge in [0.15, 0.2) is 0 Å². The van der Waals surface area contributed by atoms with E-state index in [2.05, 4.69) is 25.1 Å². The van der Waals surface area contributed by atoms with E-state index in [-0.39, 0.29) is 16.7 Å². The number of imidazole rings is 1. The van der Waals surface area contributed by atoms with Gasteiger partial charge in [-0.3, -0.25) is 4.79 Å². The van der Waals surface area contributed by atoms with Crippen molar-refractivity contribution < 1.29 is 13.2 Å². The number of hydrogen-bond acceptors (Lipinski definition) is 6. The molecule has 156 valence electrons. The molecule has 10 nitrogen and oxygen atoms in total. The number of aromatic nitrogens is 5. The highest BCUT2D eigenvalue weighted by Gasteiger charge is 2.31. The lowest BCUT2D eigenvalue weighted by molar-refractivity contribution is 0.0930. The molecule has 2 N–H and O–H groups in total. The number of sulfonamides is 1. The fourth-order valence-corrected chi connectivity index (χ4v) is 4.64. The molecule has 0 radical (unpaired) electrons. The van der Waals surface area contributed by atoms with Crippen molar-refractivity contribution in [3.8, 4) is 5.69 Å². The highest BCUT2D eigenvalue weighted by Crippen LogP contribution is 2.29. The predicted molar refractivity (Wildman–Crippen MR) is 111 cm³/mol. The molecule has 1 amide bonds. The minimum atomic E-state index is -3.79. The lowest BCUT2D eigenvalue weighted by Gasteiger charge is -2.18. The molecule has 1 atom stereocenters. The largest absolute Gasteiger partial charge is 0.336 e. The van der Waals surface area contributed by atoms with Crippen LogP contribution < -0.4 is 10.0 Å². The summed E-state index contributed by atoms with van der Waals surface area (Å²) in [7, 11) is -1.96. The Morgan fingerprint density at radius 2 is 1.84 bits per heavy atom. The smallest absolute Gasteiger partial charge is 0.291 e. The molecule has 0 unspecified atom stereocenters. The Morgan fingerprint density at radius 1 is 1.10 bits per heavy atom. The number of benzene rings is 2. The van der Waals surface area contributed by atoms with Crippen LogP contribution in [0, 0.1) is 0 Å². The first-order valence-electron chi connectivity index (χ1n) is 9.36. The summed E-state index contributed by atoms with van der Waals surface area (Å²) in [5, 5.41) is 7.16. The van der Waals surface area contributed by atoms with Crippen molar-refractivity contribution >= 4 is 21.9 Å². The number of para-hydroxylation sites is 1. The molecular formula is C20H17N7O3S. The van der Waals surface area contributed by atoms with Gasteiger partial charge in [0.25, 0.3) is 15.9 Å². The Kier molecular flexibility index (Phi) is 4.33. The Morgan fingerprint density at radius 3 is 2.58 bits per heavy atom. The maximum absolute atomic E-state index is 13.1. The average molecular weight is 435 g/mol. The van der Waals surface area contributed by atoms with Crippen molar-refractivity contribution in [2.75, 3.05) is 4.72 Å². The van der Waals surface area contributed by atoms with Gasteiger partial charge in [0.2, 0.25) is 11.8 Å². The molecule has 31 heavy (non-hydrogen) atoms. The highest BCUT2D eigenvalue weighted by molar-refractivity contribution is 7.92. The molecule has 2 aromatic carbocycles. The maximum atomic E-state index is 13.1. The molecule has 1 aliphatic rings. The van der Waals surface area contributed by atoms with E-state index >= 15 is 0 Å². The second-order valence-electron chi connectivity index (χ2n) is 6.96. The van der Waals surface area contributed by atoms with Gasteiger partial charge in [-0.05, 0) is 17.7 Å². The van der Waals surface area contributed by atoms with Gasteiger partial charge in [0.1, 0.15) is 16.8 Å². The number of carbonyl (C=O) groups excluding carboxylic acids is 1. The third-order valence-electron chi connectivity index (χ3n) is 4.94. The van der Waals surface area contributed by atoms with E-state index < -0.39 is 22.0 Å². The molecule has 4 aromatic rings. The van der Waals surface area contributed by atoms with Crippen LogP contribution in [0.4, 0.5) is 5.95 Å². The van der Waals surface area contributed by atoms with Gasteiger partial charge in [-0.25, -0.2) is 18.1 Å². The topological polar surface area (TPSA) is 124 Å². The van der Waals surface area contributed by atoms with Crippen LogP contribution in [0.15, 0.2) is 71.9 Å². The molecule has 2 aromatic heterocycles. The number of nitrogens with one attached hydrogen (secondary N) is 2. The molecule has 11 heteroatoms. The number of carbonyl (C=O) groups is 1. The predicted octanol–water partition coefficient (Wildman–Crippen LogP) is 1.63. The van der Waals surface area contributed by atoms with Gasteiger partial charge >= 0.3 is 0 Å². The number of nitrogens with zero attached hydrogens (tertiary/aromatic N) is 5. The van der Waals surface area contributed by atoms with Crippen molar-refractivity contribution in [1.29, 1.82) is 0 Å². The van der Waals surface area contributed by atoms with Crippen molar-refractivity contribution in [3.05, 3.63) is 84.2 Å². The Labute approximate surface area is 177 Å². The third kappa shape index (κ3) is 3.24. The van der Waals surface area contributed by atoms with E-state index in [1.165, 1.54) is 10.7 Å². The Hall–Kier alpha value is -3.99. The Bertz CT molecular complexity index is 1390. The second kappa shape index (κ2) is 7.06. The number of fused-ring (bicyclic) bond motifs is 3. The van der Waals surface area contributed by atoms with Gasteiger partial charge < -0.3 is 9.88 Å². The molecule has 0 bridgehead atoms. The third-order valence-corrected chi connectivity index (χ3v) is 6.32. The first-order chi connectivity index (χ1) is 14.9. The van der Waals surface area contributed by atoms with E-state index in [4.69, 9.17) is 0 Å². The van der Waals surface area contributed by atoms with E-state index in [1.807, 2.05) is 41.9 Å². The monoisotopic (exact) mass is 435 g/mol. The molecule has 0 saturated heterocycles. The molecule has 3 heterocycles. The molecule has 0 spiro atoms. The van der Waals surface area contributed by atoms with Crippen molar-refractivity contribution in [2.24, 2.45) is 7.05 Å². The summed E-state index contributed by atoms with van der Waals surface area (Å²) in [4.78, 5) is 21.6. The first-order valence-corrected chi connectivity index (χ1v) is 10.8. The van der Waals surface area contributed by atoms with Crippen LogP contribution in [0.1, 0.15) is 28.0 Å². The van der Waals surface area contributed by atoms with Crippen LogP contribution in [-0.4, -0.2) is 38.6 Å². The van der Waals surface area contributed by atoms with Gasteiger partial charge in [-0.1, -0.05) is 42.5 Å². The van der Waals surface area contributed by atoms with E-state index in [0.717, 1.165) is 5.56 Å². The molecule has 1 aliphatic heterocycles. The van der Waals surface area contributed by atoms with Gasteiger partial charge in [0, 0.05) is 19.4 Å². The number of amides is 1. The zero-order valence-corrected chi connectivity index (χ0v) is 17.1. The van der Waals surface area contributed by atoms with Crippen LogP contribution in [0.2, 0.25) is 0 Å². The SMILES string of the molecule is Cn1ccnc1[C@@H](NC(=O)c1nc2n(n1)-c1ccccc1S(=O)(=O)N2)c1ccccc1. The normalized spacial score (nSPS) is 14.7. The minimum absolute atomic E-state index is 0.0443. The number of rotatable bonds is 4. The lowest BCUT2D eigenvalue weighted by atomic mass is 10.1. The van der Waals surface area contributed by atoms with Gasteiger partial charge in [-0.15, -0.1) is 5.10 Å². The van der Waals surface area contributed by atoms with Crippen molar-refractivity contribution in [2.45, 2.75) is 10.9 Å². The summed E-state index contributed by atoms with van der Waals surface area (Å²) in [6.45, 7) is 0. The fourth-order valence-electron chi connectivity index (χ4n) is 3.47. The molecule has 0 aliphatic carbocycles. The van der Waals surface area contributed by atoms with Crippen molar-refractivity contribution in [3.63, 3.8) is 0 Å². The standard InChI is InChI=1S/C20H17N7O3S/c1-26-12-11-21-18(26)16(13-7-3-2-4-8-13)22-19(28)17-23-20-25-31(29,30)15-10-6-5-9-14(15)27(20)24-17/h2-12,16H,1H3,(H,22,28)(H,23,24,25)/t16-/m0/s1. The lowest BCUT2D eigenvalue weighted by Crippen LogP contribution is -2.32. The number of aryl methyl sites for hydroxylation is 1. The summed E-state index contributed by atoms with van der Waals surface area (Å²) < 4.78 is 30.4. The minimum Gasteiger partial charge on any atom is -0.336 e. The van der Waals surface area contributed by atoms with Crippen LogP contribution in [0.5, 0.6) is 0 Å². The van der Waals surface area contributed by atoms with Crippen LogP contribution >= 0.6 is 0 Å². The number of anilines is 1. The molecule has 5 rings (SSSR count). The summed E-state index contributed by atoms with van der Waals surface area (Å²) in [5.41, 5.74) is 1.16. The Balaban J connectivity index is 1.52. The molecule has 0 saturated carbocycles. The summed E-state index contributed by atoms with van der Waals surface area (Å²) >= 11 is 0. The second-order valence-corrected chi connectivity index (χ2v) is 8.61. The van der Waals surface area contributed by atoms with E-state index in [1.54, 1.807) is 30.6 Å². The van der Waals surface area contributed by atoms with Crippen LogP contribution in [-0.2, 0) is 17.1 Å². The summed E-state index contributed by atoms with van der Waals surface area (Å²) in [6.07, 6.45) is 3.44. The number of hydrogen-bond donors (Lipinski definition) is 2. The summed E-state index contributed by atoms with van der Waals surface area (Å²) in [6, 6.07) is 15.2. The zero-order chi connectivity index (χ0) is 21.6. The highest BCUT2D eigenvalue weighted by atomic mass is 32.2. The van der Waals surface area contributed by atoms with Gasteiger partial charge in [0.05, 0.1) is 5.69 Å².